The first-order valence-electron chi connectivity index (χ1n) is 9.09. The molecule has 7 heteroatoms. The van der Waals surface area contributed by atoms with E-state index in [2.05, 4.69) is 23.0 Å². The molecule has 27 heavy (non-hydrogen) atoms. The number of hydrogen-bond donors (Lipinski definition) is 0. The Kier molecular flexibility index (Phi) is 6.58. The van der Waals surface area contributed by atoms with Crippen LogP contribution >= 0.6 is 23.2 Å². The van der Waals surface area contributed by atoms with E-state index in [1.54, 1.807) is 13.2 Å². The minimum atomic E-state index is 0.591. The van der Waals surface area contributed by atoms with Crippen molar-refractivity contribution in [3.8, 4) is 11.1 Å². The number of aryl methyl sites for hydroxylation is 1. The van der Waals surface area contributed by atoms with Gasteiger partial charge in [-0.2, -0.15) is 9.61 Å². The van der Waals surface area contributed by atoms with Crippen molar-refractivity contribution in [1.29, 1.82) is 0 Å². The van der Waals surface area contributed by atoms with Crippen molar-refractivity contribution in [3.63, 3.8) is 0 Å². The third kappa shape index (κ3) is 4.37. The Balaban J connectivity index is 2.08. The van der Waals surface area contributed by atoms with E-state index < -0.39 is 0 Å². The zero-order chi connectivity index (χ0) is 19.4. The number of aromatic nitrogens is 3. The molecule has 144 valence electrons. The lowest BCUT2D eigenvalue weighted by atomic mass is 10.1. The summed E-state index contributed by atoms with van der Waals surface area (Å²) in [6, 6.07) is 7.56. The number of halogens is 2. The SMILES string of the molecule is CCCN(CCCOC)c1cc(C)nc2c(-c3ccc(Cl)cc3Cl)cnn12. The molecule has 0 bridgehead atoms. The van der Waals surface area contributed by atoms with Crippen molar-refractivity contribution in [2.45, 2.75) is 26.7 Å². The molecule has 1 aromatic carbocycles. The Morgan fingerprint density at radius 1 is 1.15 bits per heavy atom. The van der Waals surface area contributed by atoms with Gasteiger partial charge < -0.3 is 9.64 Å². The van der Waals surface area contributed by atoms with E-state index in [1.807, 2.05) is 29.8 Å². The molecule has 0 aliphatic heterocycles. The van der Waals surface area contributed by atoms with Crippen molar-refractivity contribution in [2.75, 3.05) is 31.7 Å². The van der Waals surface area contributed by atoms with Crippen LogP contribution in [0.2, 0.25) is 10.0 Å². The molecule has 5 nitrogen and oxygen atoms in total. The van der Waals surface area contributed by atoms with Crippen LogP contribution in [0.1, 0.15) is 25.5 Å². The fourth-order valence-corrected chi connectivity index (χ4v) is 3.71. The van der Waals surface area contributed by atoms with E-state index >= 15 is 0 Å². The Labute approximate surface area is 169 Å². The van der Waals surface area contributed by atoms with Crippen LogP contribution in [-0.4, -0.2) is 41.4 Å². The summed E-state index contributed by atoms with van der Waals surface area (Å²) in [5, 5.41) is 5.82. The van der Waals surface area contributed by atoms with Crippen LogP contribution in [0.3, 0.4) is 0 Å². The van der Waals surface area contributed by atoms with Gasteiger partial charge in [0.25, 0.3) is 0 Å². The molecular weight excluding hydrogens is 383 g/mol. The lowest BCUT2D eigenvalue weighted by molar-refractivity contribution is 0.196. The van der Waals surface area contributed by atoms with E-state index in [-0.39, 0.29) is 0 Å². The molecule has 2 heterocycles. The number of hydrogen-bond acceptors (Lipinski definition) is 4. The summed E-state index contributed by atoms with van der Waals surface area (Å²) in [7, 11) is 1.73. The zero-order valence-corrected chi connectivity index (χ0v) is 17.4. The van der Waals surface area contributed by atoms with Gasteiger partial charge in [0.1, 0.15) is 5.82 Å². The largest absolute Gasteiger partial charge is 0.385 e. The predicted molar refractivity (Wildman–Crippen MR) is 112 cm³/mol. The second-order valence-electron chi connectivity index (χ2n) is 6.51. The highest BCUT2D eigenvalue weighted by atomic mass is 35.5. The quantitative estimate of drug-likeness (QED) is 0.478. The minimum Gasteiger partial charge on any atom is -0.385 e. The maximum absolute atomic E-state index is 6.42. The van der Waals surface area contributed by atoms with Crippen LogP contribution in [0.5, 0.6) is 0 Å². The van der Waals surface area contributed by atoms with Gasteiger partial charge >= 0.3 is 0 Å². The van der Waals surface area contributed by atoms with E-state index in [4.69, 9.17) is 32.9 Å². The van der Waals surface area contributed by atoms with Crippen LogP contribution < -0.4 is 4.90 Å². The van der Waals surface area contributed by atoms with Crippen molar-refractivity contribution in [1.82, 2.24) is 14.6 Å². The smallest absolute Gasteiger partial charge is 0.165 e. The number of methoxy groups -OCH3 is 1. The van der Waals surface area contributed by atoms with Gasteiger partial charge in [0, 0.05) is 54.7 Å². The standard InChI is InChI=1S/C20H24Cl2N4O/c1-4-8-25(9-5-10-27-3)19-11-14(2)24-20-17(13-23-26(19)20)16-7-6-15(21)12-18(16)22/h6-7,11-13H,4-5,8-10H2,1-3H3. The highest BCUT2D eigenvalue weighted by molar-refractivity contribution is 6.36. The average Bonchev–Trinajstić information content (AvgIpc) is 3.04. The molecule has 0 aliphatic rings. The van der Waals surface area contributed by atoms with Crippen LogP contribution in [0.25, 0.3) is 16.8 Å². The number of anilines is 1. The molecular formula is C20H24Cl2N4O. The molecule has 0 N–H and O–H groups in total. The monoisotopic (exact) mass is 406 g/mol. The number of rotatable bonds is 8. The predicted octanol–water partition coefficient (Wildman–Crippen LogP) is 5.26. The summed E-state index contributed by atoms with van der Waals surface area (Å²) in [6.45, 7) is 6.76. The molecule has 3 rings (SSSR count). The Morgan fingerprint density at radius 2 is 1.96 bits per heavy atom. The van der Waals surface area contributed by atoms with Gasteiger partial charge in [-0.25, -0.2) is 4.98 Å². The van der Waals surface area contributed by atoms with E-state index in [9.17, 15) is 0 Å². The Morgan fingerprint density at radius 3 is 2.67 bits per heavy atom. The fourth-order valence-electron chi connectivity index (χ4n) is 3.20. The van der Waals surface area contributed by atoms with Gasteiger partial charge in [-0.05, 0) is 31.9 Å². The molecule has 0 radical (unpaired) electrons. The van der Waals surface area contributed by atoms with E-state index in [0.717, 1.165) is 60.8 Å². The van der Waals surface area contributed by atoms with Crippen LogP contribution in [-0.2, 0) is 4.74 Å². The molecule has 0 unspecified atom stereocenters. The molecule has 0 aliphatic carbocycles. The Bertz CT molecular complexity index is 926. The molecule has 0 fully saturated rings. The summed E-state index contributed by atoms with van der Waals surface area (Å²) in [4.78, 5) is 7.07. The topological polar surface area (TPSA) is 42.7 Å². The van der Waals surface area contributed by atoms with E-state index in [0.29, 0.717) is 10.0 Å². The number of nitrogens with zero attached hydrogens (tertiary/aromatic N) is 4. The number of benzene rings is 1. The second-order valence-corrected chi connectivity index (χ2v) is 7.35. The normalized spacial score (nSPS) is 11.3. The summed E-state index contributed by atoms with van der Waals surface area (Å²) in [5.74, 6) is 1.03. The number of fused-ring (bicyclic) bond motifs is 1. The van der Waals surface area contributed by atoms with Crippen molar-refractivity contribution < 1.29 is 4.74 Å². The van der Waals surface area contributed by atoms with Crippen molar-refractivity contribution >= 4 is 34.7 Å². The number of ether oxygens (including phenoxy) is 1. The molecule has 2 aromatic heterocycles. The average molecular weight is 407 g/mol. The Hall–Kier alpha value is -1.82. The lowest BCUT2D eigenvalue weighted by Crippen LogP contribution is -2.28. The molecule has 0 atom stereocenters. The molecule has 0 amide bonds. The van der Waals surface area contributed by atoms with Crippen molar-refractivity contribution in [2.24, 2.45) is 0 Å². The van der Waals surface area contributed by atoms with Gasteiger partial charge in [0.05, 0.1) is 11.2 Å². The summed E-state index contributed by atoms with van der Waals surface area (Å²) < 4.78 is 7.11. The lowest BCUT2D eigenvalue weighted by Gasteiger charge is -2.25. The van der Waals surface area contributed by atoms with E-state index in [1.165, 1.54) is 0 Å². The van der Waals surface area contributed by atoms with Gasteiger partial charge in [0.2, 0.25) is 0 Å². The van der Waals surface area contributed by atoms with Gasteiger partial charge in [-0.15, -0.1) is 0 Å². The molecule has 0 saturated carbocycles. The minimum absolute atomic E-state index is 0.591. The summed E-state index contributed by atoms with van der Waals surface area (Å²) in [5.41, 5.74) is 3.51. The highest BCUT2D eigenvalue weighted by Crippen LogP contribution is 2.33. The third-order valence-corrected chi connectivity index (χ3v) is 4.94. The molecule has 3 aromatic rings. The third-order valence-electron chi connectivity index (χ3n) is 4.40. The van der Waals surface area contributed by atoms with Crippen molar-refractivity contribution in [3.05, 3.63) is 46.2 Å². The van der Waals surface area contributed by atoms with Gasteiger partial charge in [-0.3, -0.25) is 0 Å². The van der Waals surface area contributed by atoms with Crippen LogP contribution in [0.15, 0.2) is 30.5 Å². The molecule has 0 spiro atoms. The molecule has 0 saturated heterocycles. The summed E-state index contributed by atoms with van der Waals surface area (Å²) in [6.07, 6.45) is 3.82. The fraction of sp³-hybridized carbons (Fsp3) is 0.400. The maximum Gasteiger partial charge on any atom is 0.165 e. The van der Waals surface area contributed by atoms with Gasteiger partial charge in [0.15, 0.2) is 5.65 Å². The van der Waals surface area contributed by atoms with Gasteiger partial charge in [-0.1, -0.05) is 36.2 Å². The first kappa shape index (κ1) is 19.9. The first-order chi connectivity index (χ1) is 13.0. The van der Waals surface area contributed by atoms with Crippen LogP contribution in [0, 0.1) is 6.92 Å². The van der Waals surface area contributed by atoms with Crippen LogP contribution in [0.4, 0.5) is 5.82 Å². The zero-order valence-electron chi connectivity index (χ0n) is 15.9. The maximum atomic E-state index is 6.42. The first-order valence-corrected chi connectivity index (χ1v) is 9.85. The highest BCUT2D eigenvalue weighted by Gasteiger charge is 2.17. The second kappa shape index (κ2) is 8.91. The summed E-state index contributed by atoms with van der Waals surface area (Å²) >= 11 is 12.5.